The molecule has 0 aliphatic heterocycles. The molecule has 0 atom stereocenters. The van der Waals surface area contributed by atoms with Crippen LogP contribution in [0.25, 0.3) is 0 Å². The largest absolute Gasteiger partial charge is 0.433 e. The summed E-state index contributed by atoms with van der Waals surface area (Å²) in [6.45, 7) is -2.94. The van der Waals surface area contributed by atoms with E-state index in [1.807, 2.05) is 0 Å². The second-order valence-corrected chi connectivity index (χ2v) is 2.87. The van der Waals surface area contributed by atoms with Gasteiger partial charge in [0.25, 0.3) is 0 Å². The van der Waals surface area contributed by atoms with Gasteiger partial charge in [-0.05, 0) is 22.6 Å². The molecule has 1 heterocycles. The van der Waals surface area contributed by atoms with E-state index in [-0.39, 0.29) is 9.32 Å². The van der Waals surface area contributed by atoms with Crippen molar-refractivity contribution in [1.82, 2.24) is 4.98 Å². The van der Waals surface area contributed by atoms with Crippen LogP contribution in [0.5, 0.6) is 5.75 Å². The van der Waals surface area contributed by atoms with Gasteiger partial charge in [-0.1, -0.05) is 0 Å². The number of ether oxygens (including phenoxy) is 1. The minimum Gasteiger partial charge on any atom is -0.433 e. The Bertz CT molecular complexity index is 281. The summed E-state index contributed by atoms with van der Waals surface area (Å²) in [6, 6.07) is 1.18. The maximum absolute atomic E-state index is 12.6. The molecular formula is C6H3F3INO. The van der Waals surface area contributed by atoms with Gasteiger partial charge in [-0.15, -0.1) is 0 Å². The maximum atomic E-state index is 12.6. The SMILES string of the molecule is Fc1nccc(OC(F)F)c1I. The van der Waals surface area contributed by atoms with Gasteiger partial charge in [-0.25, -0.2) is 4.98 Å². The number of aromatic nitrogens is 1. The Hall–Kier alpha value is -0.530. The molecule has 1 rings (SSSR count). The molecule has 0 aromatic carbocycles. The topological polar surface area (TPSA) is 22.1 Å². The molecule has 6 heteroatoms. The van der Waals surface area contributed by atoms with Gasteiger partial charge in [-0.3, -0.25) is 0 Å². The normalized spacial score (nSPS) is 10.4. The first-order valence-corrected chi connectivity index (χ1v) is 3.94. The van der Waals surface area contributed by atoms with Crippen LogP contribution in [0, 0.1) is 9.52 Å². The van der Waals surface area contributed by atoms with Crippen molar-refractivity contribution in [3.8, 4) is 5.75 Å². The highest BCUT2D eigenvalue weighted by Crippen LogP contribution is 2.22. The van der Waals surface area contributed by atoms with Crippen molar-refractivity contribution in [2.75, 3.05) is 0 Å². The van der Waals surface area contributed by atoms with Crippen molar-refractivity contribution in [1.29, 1.82) is 0 Å². The summed E-state index contributed by atoms with van der Waals surface area (Å²) in [7, 11) is 0. The number of nitrogens with zero attached hydrogens (tertiary/aromatic N) is 1. The average Bonchev–Trinajstić information content (AvgIpc) is 1.98. The van der Waals surface area contributed by atoms with Crippen LogP contribution in [0.15, 0.2) is 12.3 Å². The van der Waals surface area contributed by atoms with E-state index < -0.39 is 12.6 Å². The van der Waals surface area contributed by atoms with E-state index in [1.165, 1.54) is 6.07 Å². The Kier molecular flexibility index (Phi) is 3.12. The van der Waals surface area contributed by atoms with Gasteiger partial charge < -0.3 is 4.74 Å². The lowest BCUT2D eigenvalue weighted by molar-refractivity contribution is -0.0506. The predicted octanol–water partition coefficient (Wildman–Crippen LogP) is 2.43. The molecule has 0 unspecified atom stereocenters. The fourth-order valence-electron chi connectivity index (χ4n) is 0.589. The van der Waals surface area contributed by atoms with Crippen LogP contribution >= 0.6 is 22.6 Å². The zero-order valence-electron chi connectivity index (χ0n) is 5.60. The third kappa shape index (κ3) is 2.23. The Labute approximate surface area is 79.9 Å². The average molecular weight is 289 g/mol. The van der Waals surface area contributed by atoms with E-state index in [9.17, 15) is 13.2 Å². The van der Waals surface area contributed by atoms with Crippen molar-refractivity contribution in [3.63, 3.8) is 0 Å². The molecule has 1 aromatic rings. The molecule has 0 saturated carbocycles. The number of alkyl halides is 2. The molecule has 66 valence electrons. The summed E-state index contributed by atoms with van der Waals surface area (Å²) < 4.78 is 39.9. The molecule has 0 saturated heterocycles. The number of halogens is 4. The van der Waals surface area contributed by atoms with Crippen LogP contribution in [-0.4, -0.2) is 11.6 Å². The van der Waals surface area contributed by atoms with Gasteiger partial charge in [0.05, 0.1) is 0 Å². The number of rotatable bonds is 2. The quantitative estimate of drug-likeness (QED) is 0.616. The van der Waals surface area contributed by atoms with Gasteiger partial charge in [0, 0.05) is 12.3 Å². The van der Waals surface area contributed by atoms with Crippen LogP contribution in [-0.2, 0) is 0 Å². The van der Waals surface area contributed by atoms with Crippen molar-refractivity contribution >= 4 is 22.6 Å². The Morgan fingerprint density at radius 1 is 1.50 bits per heavy atom. The van der Waals surface area contributed by atoms with Crippen LogP contribution in [0.4, 0.5) is 13.2 Å². The molecule has 1 aromatic heterocycles. The number of pyridine rings is 1. The lowest BCUT2D eigenvalue weighted by Gasteiger charge is -2.05. The second-order valence-electron chi connectivity index (χ2n) is 1.79. The molecule has 0 spiro atoms. The first-order chi connectivity index (χ1) is 5.61. The minimum atomic E-state index is -2.94. The smallest absolute Gasteiger partial charge is 0.387 e. The lowest BCUT2D eigenvalue weighted by Crippen LogP contribution is -2.04. The summed E-state index contributed by atoms with van der Waals surface area (Å²) >= 11 is 1.54. The molecule has 12 heavy (non-hydrogen) atoms. The van der Waals surface area contributed by atoms with Gasteiger partial charge in [0.1, 0.15) is 9.32 Å². The van der Waals surface area contributed by atoms with Crippen LogP contribution in [0.3, 0.4) is 0 Å². The highest BCUT2D eigenvalue weighted by Gasteiger charge is 2.11. The monoisotopic (exact) mass is 289 g/mol. The van der Waals surface area contributed by atoms with Gasteiger partial charge in [0.15, 0.2) is 0 Å². The van der Waals surface area contributed by atoms with E-state index in [4.69, 9.17) is 0 Å². The molecule has 0 fully saturated rings. The third-order valence-corrected chi connectivity index (χ3v) is 2.00. The summed E-state index contributed by atoms with van der Waals surface area (Å²) in [5.74, 6) is -1.01. The molecule has 0 radical (unpaired) electrons. The molecule has 0 N–H and O–H groups in total. The predicted molar refractivity (Wildman–Crippen MR) is 43.5 cm³/mol. The molecule has 0 bridgehead atoms. The Morgan fingerprint density at radius 2 is 2.17 bits per heavy atom. The third-order valence-electron chi connectivity index (χ3n) is 1.03. The second kappa shape index (κ2) is 3.92. The highest BCUT2D eigenvalue weighted by atomic mass is 127. The summed E-state index contributed by atoms with van der Waals surface area (Å²) in [4.78, 5) is 3.25. The Morgan fingerprint density at radius 3 is 2.75 bits per heavy atom. The van der Waals surface area contributed by atoms with E-state index >= 15 is 0 Å². The lowest BCUT2D eigenvalue weighted by atomic mass is 10.4. The van der Waals surface area contributed by atoms with Crippen LogP contribution in [0.1, 0.15) is 0 Å². The standard InChI is InChI=1S/C6H3F3INO/c7-5-4(10)3(1-2-11-5)12-6(8)9/h1-2,6H. The van der Waals surface area contributed by atoms with Crippen molar-refractivity contribution in [2.45, 2.75) is 6.61 Å². The maximum Gasteiger partial charge on any atom is 0.387 e. The first-order valence-electron chi connectivity index (χ1n) is 2.86. The number of hydrogen-bond acceptors (Lipinski definition) is 2. The van der Waals surface area contributed by atoms with Gasteiger partial charge in [0.2, 0.25) is 5.95 Å². The van der Waals surface area contributed by atoms with E-state index in [2.05, 4.69) is 9.72 Å². The van der Waals surface area contributed by atoms with E-state index in [1.54, 1.807) is 22.6 Å². The van der Waals surface area contributed by atoms with Crippen molar-refractivity contribution in [3.05, 3.63) is 21.8 Å². The van der Waals surface area contributed by atoms with Gasteiger partial charge in [-0.2, -0.15) is 13.2 Å². The van der Waals surface area contributed by atoms with E-state index in [0.717, 1.165) is 6.20 Å². The first kappa shape index (κ1) is 9.56. The van der Waals surface area contributed by atoms with E-state index in [0.29, 0.717) is 0 Å². The van der Waals surface area contributed by atoms with Crippen molar-refractivity contribution < 1.29 is 17.9 Å². The minimum absolute atomic E-state index is 0.0459. The Balaban J connectivity index is 2.92. The zero-order chi connectivity index (χ0) is 9.14. The summed E-state index contributed by atoms with van der Waals surface area (Å²) in [6.07, 6.45) is 1.06. The van der Waals surface area contributed by atoms with Crippen LogP contribution < -0.4 is 4.74 Å². The fourth-order valence-corrected chi connectivity index (χ4v) is 1.04. The van der Waals surface area contributed by atoms with Gasteiger partial charge >= 0.3 is 6.61 Å². The highest BCUT2D eigenvalue weighted by molar-refractivity contribution is 14.1. The number of hydrogen-bond donors (Lipinski definition) is 0. The molecule has 2 nitrogen and oxygen atoms in total. The molecule has 0 aliphatic carbocycles. The van der Waals surface area contributed by atoms with Crippen LogP contribution in [0.2, 0.25) is 0 Å². The summed E-state index contributed by atoms with van der Waals surface area (Å²) in [5, 5.41) is 0. The zero-order valence-corrected chi connectivity index (χ0v) is 7.76. The molecule has 0 amide bonds. The fraction of sp³-hybridized carbons (Fsp3) is 0.167. The van der Waals surface area contributed by atoms with Crippen molar-refractivity contribution in [2.24, 2.45) is 0 Å². The molecular weight excluding hydrogens is 286 g/mol. The molecule has 0 aliphatic rings. The summed E-state index contributed by atoms with van der Waals surface area (Å²) in [5.41, 5.74) is 0.